The molecular weight excluding hydrogens is 256 g/mol. The lowest BCUT2D eigenvalue weighted by Crippen LogP contribution is -2.44. The molecule has 0 aliphatic heterocycles. The Balaban J connectivity index is 2.51. The van der Waals surface area contributed by atoms with Gasteiger partial charge in [0.05, 0.1) is 6.04 Å². The smallest absolute Gasteiger partial charge is 0.348 e. The summed E-state index contributed by atoms with van der Waals surface area (Å²) in [7, 11) is 5.18. The molecule has 0 amide bonds. The summed E-state index contributed by atoms with van der Waals surface area (Å²) in [6.07, 6.45) is 9.20. The standard InChI is InChI=1S/C14H22N4O2/c1-16(2)12-15-13(19)18(14(20)17(12)3)11-9-7-5-4-6-8-10-11/h7,9,11H,4-6,8,10H2,1-3H3. The van der Waals surface area contributed by atoms with Crippen molar-refractivity contribution in [2.45, 2.75) is 38.1 Å². The first-order valence-electron chi connectivity index (χ1n) is 7.06. The zero-order valence-electron chi connectivity index (χ0n) is 12.4. The van der Waals surface area contributed by atoms with E-state index in [0.717, 1.165) is 25.7 Å². The second-order valence-electron chi connectivity index (χ2n) is 5.43. The molecule has 0 saturated heterocycles. The zero-order chi connectivity index (χ0) is 14.7. The van der Waals surface area contributed by atoms with Crippen molar-refractivity contribution in [1.82, 2.24) is 14.1 Å². The largest absolute Gasteiger partial charge is 0.355 e. The molecule has 1 atom stereocenters. The Morgan fingerprint density at radius 1 is 1.25 bits per heavy atom. The second kappa shape index (κ2) is 6.07. The fourth-order valence-electron chi connectivity index (χ4n) is 2.58. The summed E-state index contributed by atoms with van der Waals surface area (Å²) in [5.74, 6) is 0.381. The number of anilines is 1. The van der Waals surface area contributed by atoms with Crippen molar-refractivity contribution in [1.29, 1.82) is 0 Å². The number of aromatic nitrogens is 3. The van der Waals surface area contributed by atoms with E-state index in [9.17, 15) is 9.59 Å². The van der Waals surface area contributed by atoms with E-state index >= 15 is 0 Å². The molecule has 0 saturated carbocycles. The lowest BCUT2D eigenvalue weighted by molar-refractivity contribution is 0.452. The Labute approximate surface area is 118 Å². The summed E-state index contributed by atoms with van der Waals surface area (Å²) >= 11 is 0. The van der Waals surface area contributed by atoms with E-state index in [1.54, 1.807) is 26.0 Å². The molecule has 0 bridgehead atoms. The molecule has 20 heavy (non-hydrogen) atoms. The van der Waals surface area contributed by atoms with Crippen LogP contribution < -0.4 is 16.3 Å². The van der Waals surface area contributed by atoms with E-state index in [4.69, 9.17) is 0 Å². The van der Waals surface area contributed by atoms with Gasteiger partial charge in [0.15, 0.2) is 0 Å². The third-order valence-corrected chi connectivity index (χ3v) is 3.66. The van der Waals surface area contributed by atoms with Gasteiger partial charge in [-0.1, -0.05) is 25.0 Å². The highest BCUT2D eigenvalue weighted by atomic mass is 16.2. The molecule has 0 aromatic carbocycles. The minimum absolute atomic E-state index is 0.176. The lowest BCUT2D eigenvalue weighted by Gasteiger charge is -2.20. The van der Waals surface area contributed by atoms with E-state index in [1.807, 2.05) is 6.08 Å². The quantitative estimate of drug-likeness (QED) is 0.759. The van der Waals surface area contributed by atoms with Crippen LogP contribution in [0.15, 0.2) is 21.7 Å². The average molecular weight is 278 g/mol. The van der Waals surface area contributed by atoms with Crippen molar-refractivity contribution in [3.63, 3.8) is 0 Å². The van der Waals surface area contributed by atoms with Crippen molar-refractivity contribution in [2.24, 2.45) is 7.05 Å². The predicted molar refractivity (Wildman–Crippen MR) is 79.3 cm³/mol. The van der Waals surface area contributed by atoms with Gasteiger partial charge >= 0.3 is 11.4 Å². The molecule has 1 aromatic heterocycles. The molecule has 110 valence electrons. The fraction of sp³-hybridized carbons (Fsp3) is 0.643. The monoisotopic (exact) mass is 278 g/mol. The van der Waals surface area contributed by atoms with Crippen LogP contribution in [0, 0.1) is 0 Å². The van der Waals surface area contributed by atoms with Gasteiger partial charge in [-0.2, -0.15) is 4.98 Å². The Bertz CT molecular complexity index is 613. The molecule has 6 heteroatoms. The third kappa shape index (κ3) is 2.84. The predicted octanol–water partition coefficient (Wildman–Crippen LogP) is 1.07. The normalized spacial score (nSPS) is 19.4. The summed E-state index contributed by atoms with van der Waals surface area (Å²) in [6.45, 7) is 0. The number of hydrogen-bond donors (Lipinski definition) is 0. The zero-order valence-corrected chi connectivity index (χ0v) is 12.4. The van der Waals surface area contributed by atoms with Gasteiger partial charge in [0.2, 0.25) is 5.95 Å². The first-order valence-corrected chi connectivity index (χ1v) is 7.06. The average Bonchev–Trinajstić information content (AvgIpc) is 2.35. The van der Waals surface area contributed by atoms with Crippen LogP contribution in [0.1, 0.15) is 38.1 Å². The van der Waals surface area contributed by atoms with E-state index in [1.165, 1.54) is 15.6 Å². The Morgan fingerprint density at radius 2 is 2.00 bits per heavy atom. The highest BCUT2D eigenvalue weighted by molar-refractivity contribution is 5.25. The highest BCUT2D eigenvalue weighted by Crippen LogP contribution is 2.19. The molecule has 1 aliphatic carbocycles. The van der Waals surface area contributed by atoms with Gasteiger partial charge in [0.1, 0.15) is 0 Å². The molecule has 0 radical (unpaired) electrons. The van der Waals surface area contributed by atoms with Crippen molar-refractivity contribution in [3.8, 4) is 0 Å². The molecule has 0 spiro atoms. The van der Waals surface area contributed by atoms with Gasteiger partial charge in [-0.05, 0) is 19.3 Å². The van der Waals surface area contributed by atoms with Crippen molar-refractivity contribution in [2.75, 3.05) is 19.0 Å². The van der Waals surface area contributed by atoms with E-state index < -0.39 is 5.69 Å². The summed E-state index contributed by atoms with van der Waals surface area (Å²) in [4.78, 5) is 30.3. The second-order valence-corrected chi connectivity index (χ2v) is 5.43. The van der Waals surface area contributed by atoms with Crippen LogP contribution in [0.5, 0.6) is 0 Å². The first-order chi connectivity index (χ1) is 9.52. The van der Waals surface area contributed by atoms with Gasteiger partial charge < -0.3 is 4.90 Å². The Kier molecular flexibility index (Phi) is 4.42. The summed E-state index contributed by atoms with van der Waals surface area (Å²) in [6, 6.07) is -0.176. The van der Waals surface area contributed by atoms with Gasteiger partial charge in [0, 0.05) is 21.1 Å². The molecule has 1 unspecified atom stereocenters. The molecular formula is C14H22N4O2. The van der Waals surface area contributed by atoms with Crippen LogP contribution in [-0.4, -0.2) is 28.2 Å². The van der Waals surface area contributed by atoms with Crippen molar-refractivity contribution < 1.29 is 0 Å². The Morgan fingerprint density at radius 3 is 2.70 bits per heavy atom. The number of hydrogen-bond acceptors (Lipinski definition) is 4. The SMILES string of the molecule is CN(C)c1nc(=O)n(C2C=CCCCCC2)c(=O)n1C. The summed E-state index contributed by atoms with van der Waals surface area (Å²) in [5.41, 5.74) is -0.768. The number of rotatable bonds is 2. The molecule has 1 heterocycles. The lowest BCUT2D eigenvalue weighted by atomic mass is 10.0. The summed E-state index contributed by atoms with van der Waals surface area (Å²) in [5, 5.41) is 0. The fourth-order valence-corrected chi connectivity index (χ4v) is 2.58. The van der Waals surface area contributed by atoms with E-state index in [0.29, 0.717) is 5.95 Å². The van der Waals surface area contributed by atoms with Gasteiger partial charge in [-0.3, -0.25) is 4.57 Å². The van der Waals surface area contributed by atoms with Gasteiger partial charge in [-0.25, -0.2) is 14.2 Å². The van der Waals surface area contributed by atoms with Crippen LogP contribution in [0.3, 0.4) is 0 Å². The third-order valence-electron chi connectivity index (χ3n) is 3.66. The minimum atomic E-state index is -0.466. The molecule has 1 aliphatic rings. The van der Waals surface area contributed by atoms with Crippen LogP contribution >= 0.6 is 0 Å². The van der Waals surface area contributed by atoms with Crippen LogP contribution in [0.25, 0.3) is 0 Å². The molecule has 6 nitrogen and oxygen atoms in total. The van der Waals surface area contributed by atoms with E-state index in [-0.39, 0.29) is 11.7 Å². The molecule has 0 fully saturated rings. The van der Waals surface area contributed by atoms with Gasteiger partial charge in [0.25, 0.3) is 0 Å². The molecule has 1 aromatic rings. The van der Waals surface area contributed by atoms with Crippen molar-refractivity contribution in [3.05, 3.63) is 33.1 Å². The maximum atomic E-state index is 12.4. The first kappa shape index (κ1) is 14.6. The Hall–Kier alpha value is -1.85. The number of nitrogens with zero attached hydrogens (tertiary/aromatic N) is 4. The van der Waals surface area contributed by atoms with E-state index in [2.05, 4.69) is 11.1 Å². The summed E-state index contributed by atoms with van der Waals surface area (Å²) < 4.78 is 2.70. The topological polar surface area (TPSA) is 60.1 Å². The van der Waals surface area contributed by atoms with Crippen LogP contribution in [0.4, 0.5) is 5.95 Å². The molecule has 2 rings (SSSR count). The van der Waals surface area contributed by atoms with Crippen LogP contribution in [0.2, 0.25) is 0 Å². The molecule has 0 N–H and O–H groups in total. The van der Waals surface area contributed by atoms with Gasteiger partial charge in [-0.15, -0.1) is 0 Å². The minimum Gasteiger partial charge on any atom is -0.348 e. The van der Waals surface area contributed by atoms with Crippen molar-refractivity contribution >= 4 is 5.95 Å². The maximum absolute atomic E-state index is 12.4. The maximum Gasteiger partial charge on any atom is 0.355 e. The van der Waals surface area contributed by atoms with Crippen LogP contribution in [-0.2, 0) is 7.05 Å². The highest BCUT2D eigenvalue weighted by Gasteiger charge is 2.18. The number of allylic oxidation sites excluding steroid dienone is 2.